The van der Waals surface area contributed by atoms with Crippen LogP contribution in [-0.4, -0.2) is 123 Å². The van der Waals surface area contributed by atoms with Gasteiger partial charge in [0, 0.05) is 44.1 Å². The number of carboxylic acid groups (broad SMARTS) is 1. The standard InChI is InChI=1S/C21H29N8O4P.C15H15N7O2.C6H16NO3P.CH4/c1-4-32-34(31,33-5-2)11-10-24-20(30)14-6-8-16(9-7-14)29(3)13-15-12-25-19-17(26-15)18(22)27-21(23)28-19;1-22(10-4-2-8(3-5-10)14(23)24)7-9-6-18-13-11(19-9)12(16)20-15(17)21-13;1-3-9-11(8,6-5-7)10-4-2;/h6-9,12H,4-5,10-11,13H2,1-3H3,(H,24,30)(H4,22,23,25,27,28);2-6H,7H2,1H3,(H,23,24)(H4,16,17,18,20,21);3-7H2,1-2H3;1H4. The number of rotatable bonds is 21. The predicted octanol–water partition coefficient (Wildman–Crippen LogP) is 4.98. The molecule has 380 valence electrons. The molecule has 4 heterocycles. The quantitative estimate of drug-likeness (QED) is 0.0467. The number of benzene rings is 2. The predicted molar refractivity (Wildman–Crippen MR) is 272 cm³/mol. The summed E-state index contributed by atoms with van der Waals surface area (Å²) in [5.41, 5.74) is 33.3. The third-order valence-corrected chi connectivity index (χ3v) is 13.5. The van der Waals surface area contributed by atoms with Gasteiger partial charge in [0.15, 0.2) is 34.0 Å². The Hall–Kier alpha value is -6.72. The normalized spacial score (nSPS) is 11.1. The number of nitrogens with two attached hydrogens (primary N) is 5. The van der Waals surface area contributed by atoms with Crippen molar-refractivity contribution in [3.63, 3.8) is 0 Å². The van der Waals surface area contributed by atoms with Gasteiger partial charge < -0.3 is 67.0 Å². The van der Waals surface area contributed by atoms with Gasteiger partial charge in [0.25, 0.3) is 5.91 Å². The summed E-state index contributed by atoms with van der Waals surface area (Å²) in [7, 11) is -2.28. The molecule has 0 atom stereocenters. The zero-order valence-corrected chi connectivity index (χ0v) is 41.1. The Labute approximate surface area is 406 Å². The van der Waals surface area contributed by atoms with Gasteiger partial charge in [-0.15, -0.1) is 0 Å². The number of aromatic carboxylic acids is 1. The van der Waals surface area contributed by atoms with Crippen molar-refractivity contribution in [3.8, 4) is 0 Å². The van der Waals surface area contributed by atoms with Gasteiger partial charge in [-0.2, -0.15) is 19.9 Å². The average molecular weight is 1010 g/mol. The van der Waals surface area contributed by atoms with Crippen LogP contribution in [0.5, 0.6) is 0 Å². The first kappa shape index (κ1) is 57.6. The van der Waals surface area contributed by atoms with E-state index in [1.165, 1.54) is 0 Å². The van der Waals surface area contributed by atoms with Gasteiger partial charge in [-0.1, -0.05) is 7.43 Å². The van der Waals surface area contributed by atoms with Crippen LogP contribution in [0.4, 0.5) is 34.9 Å². The number of fused-ring (bicyclic) bond motifs is 2. The van der Waals surface area contributed by atoms with Crippen LogP contribution in [-0.2, 0) is 40.3 Å². The zero-order chi connectivity index (χ0) is 50.7. The van der Waals surface area contributed by atoms with Gasteiger partial charge in [-0.25, -0.2) is 24.7 Å². The van der Waals surface area contributed by atoms with E-state index in [-0.39, 0.29) is 68.4 Å². The van der Waals surface area contributed by atoms with Crippen LogP contribution < -0.4 is 43.8 Å². The van der Waals surface area contributed by atoms with Gasteiger partial charge in [0.05, 0.1) is 81.2 Å². The van der Waals surface area contributed by atoms with E-state index in [2.05, 4.69) is 45.2 Å². The van der Waals surface area contributed by atoms with Crippen LogP contribution >= 0.6 is 15.2 Å². The molecule has 27 heteroatoms. The number of hydrogen-bond donors (Lipinski definition) is 7. The van der Waals surface area contributed by atoms with Crippen molar-refractivity contribution in [2.75, 3.05) is 98.7 Å². The molecule has 12 N–H and O–H groups in total. The second kappa shape index (κ2) is 27.5. The van der Waals surface area contributed by atoms with E-state index in [0.29, 0.717) is 78.3 Å². The lowest BCUT2D eigenvalue weighted by atomic mass is 10.2. The molecule has 0 aliphatic rings. The number of nitrogens with one attached hydrogen (secondary N) is 1. The van der Waals surface area contributed by atoms with Crippen molar-refractivity contribution in [1.29, 1.82) is 0 Å². The number of carbonyl (C=O) groups excluding carboxylic acids is 1. The van der Waals surface area contributed by atoms with Gasteiger partial charge in [-0.3, -0.25) is 13.9 Å². The molecule has 2 aromatic carbocycles. The third kappa shape index (κ3) is 17.1. The maximum absolute atomic E-state index is 12.5. The molecule has 0 aliphatic carbocycles. The Morgan fingerprint density at radius 3 is 1.37 bits per heavy atom. The van der Waals surface area contributed by atoms with Crippen LogP contribution in [0.1, 0.15) is 67.2 Å². The SMILES string of the molecule is C.CCOP(=O)(CCN)OCC.CCOP(=O)(CCNC(=O)c1ccc(N(C)Cc2cnc3nc(N)nc(N)c3n2)cc1)OCC.CN(Cc1cnc2nc(N)nc(N)c2n1)c1ccc(C(=O)O)cc1. The highest BCUT2D eigenvalue weighted by Crippen LogP contribution is 2.48. The number of anilines is 6. The van der Waals surface area contributed by atoms with Crippen molar-refractivity contribution >= 4 is 84.3 Å². The van der Waals surface area contributed by atoms with Gasteiger partial charge in [-0.05, 0) is 76.2 Å². The van der Waals surface area contributed by atoms with Crippen LogP contribution in [0, 0.1) is 0 Å². The van der Waals surface area contributed by atoms with E-state index in [1.54, 1.807) is 76.5 Å². The van der Waals surface area contributed by atoms with Gasteiger partial charge in [0.1, 0.15) is 0 Å². The second-order valence-electron chi connectivity index (χ2n) is 14.5. The summed E-state index contributed by atoms with van der Waals surface area (Å²) >= 11 is 0. The number of amides is 1. The summed E-state index contributed by atoms with van der Waals surface area (Å²) in [6.45, 7) is 9.82. The number of nitrogens with zero attached hydrogens (tertiary/aromatic N) is 10. The number of aromatic nitrogens is 8. The lowest BCUT2D eigenvalue weighted by molar-refractivity contribution is 0.0696. The number of carboxylic acids is 1. The number of carbonyl (C=O) groups is 2. The lowest BCUT2D eigenvalue weighted by Gasteiger charge is -2.19. The molecule has 0 unspecified atom stereocenters. The molecule has 0 bridgehead atoms. The molecular formula is C43H64N16O9P2. The summed E-state index contributed by atoms with van der Waals surface area (Å²) < 4.78 is 44.4. The molecule has 0 radical (unpaired) electrons. The van der Waals surface area contributed by atoms with Crippen molar-refractivity contribution in [1.82, 2.24) is 45.2 Å². The molecule has 1 amide bonds. The molecule has 0 fully saturated rings. The Balaban J connectivity index is 0.000000312. The highest BCUT2D eigenvalue weighted by atomic mass is 31.2. The van der Waals surface area contributed by atoms with E-state index in [4.69, 9.17) is 51.9 Å². The summed E-state index contributed by atoms with van der Waals surface area (Å²) in [5.74, 6) is -0.777. The Morgan fingerprint density at radius 2 is 1.00 bits per heavy atom. The van der Waals surface area contributed by atoms with Crippen LogP contribution in [0.15, 0.2) is 60.9 Å². The molecule has 25 nitrogen and oxygen atoms in total. The van der Waals surface area contributed by atoms with Crippen molar-refractivity contribution in [3.05, 3.63) is 83.4 Å². The Morgan fingerprint density at radius 1 is 0.614 bits per heavy atom. The minimum atomic E-state index is -3.20. The molecule has 0 saturated heterocycles. The zero-order valence-electron chi connectivity index (χ0n) is 39.3. The molecule has 0 saturated carbocycles. The largest absolute Gasteiger partial charge is 0.478 e. The van der Waals surface area contributed by atoms with Crippen LogP contribution in [0.2, 0.25) is 0 Å². The van der Waals surface area contributed by atoms with Crippen molar-refractivity contribution in [2.24, 2.45) is 5.73 Å². The number of nitrogen functional groups attached to an aromatic ring is 4. The summed E-state index contributed by atoms with van der Waals surface area (Å²) in [6.07, 6.45) is 3.61. The summed E-state index contributed by atoms with van der Waals surface area (Å²) in [4.78, 5) is 60.4. The molecule has 4 aromatic heterocycles. The first-order valence-corrected chi connectivity index (χ1v) is 25.0. The third-order valence-electron chi connectivity index (χ3n) is 9.30. The first-order valence-electron chi connectivity index (χ1n) is 21.6. The molecule has 6 rings (SSSR count). The maximum atomic E-state index is 12.5. The van der Waals surface area contributed by atoms with Crippen molar-refractivity contribution < 1.29 is 41.9 Å². The number of hydrogen-bond acceptors (Lipinski definition) is 23. The van der Waals surface area contributed by atoms with Crippen LogP contribution in [0.3, 0.4) is 0 Å². The molecule has 70 heavy (non-hydrogen) atoms. The summed E-state index contributed by atoms with van der Waals surface area (Å²) in [5, 5.41) is 11.7. The minimum absolute atomic E-state index is 0. The molecule has 0 aliphatic heterocycles. The van der Waals surface area contributed by atoms with E-state index in [1.807, 2.05) is 36.0 Å². The van der Waals surface area contributed by atoms with E-state index < -0.39 is 21.2 Å². The fraction of sp³-hybridized carbons (Fsp3) is 0.395. The Kier molecular flexibility index (Phi) is 22.6. The summed E-state index contributed by atoms with van der Waals surface area (Å²) in [6, 6.07) is 13.6. The van der Waals surface area contributed by atoms with E-state index in [0.717, 1.165) is 11.4 Å². The van der Waals surface area contributed by atoms with E-state index >= 15 is 0 Å². The van der Waals surface area contributed by atoms with Crippen LogP contribution in [0.25, 0.3) is 22.3 Å². The second-order valence-corrected chi connectivity index (χ2v) is 18.9. The van der Waals surface area contributed by atoms with Crippen molar-refractivity contribution in [2.45, 2.75) is 48.2 Å². The Bertz CT molecular complexity index is 2710. The smallest absolute Gasteiger partial charge is 0.335 e. The fourth-order valence-corrected chi connectivity index (χ4v) is 9.14. The van der Waals surface area contributed by atoms with Gasteiger partial charge in [0.2, 0.25) is 11.9 Å². The topological polar surface area (TPSA) is 377 Å². The minimum Gasteiger partial charge on any atom is -0.478 e. The molecule has 6 aromatic rings. The highest BCUT2D eigenvalue weighted by Gasteiger charge is 2.24. The first-order chi connectivity index (χ1) is 32.9. The molecular weight excluding hydrogens is 947 g/mol. The lowest BCUT2D eigenvalue weighted by Crippen LogP contribution is -2.27. The van der Waals surface area contributed by atoms with E-state index in [9.17, 15) is 18.7 Å². The highest BCUT2D eigenvalue weighted by molar-refractivity contribution is 7.54. The monoisotopic (exact) mass is 1010 g/mol. The van der Waals surface area contributed by atoms with Gasteiger partial charge >= 0.3 is 21.2 Å². The maximum Gasteiger partial charge on any atom is 0.335 e. The fourth-order valence-electron chi connectivity index (χ4n) is 6.20. The average Bonchev–Trinajstić information content (AvgIpc) is 3.30. The molecule has 0 spiro atoms.